The van der Waals surface area contributed by atoms with Crippen LogP contribution in [0.1, 0.15) is 11.4 Å². The van der Waals surface area contributed by atoms with Crippen molar-refractivity contribution in [3.63, 3.8) is 0 Å². The number of benzene rings is 1. The molecule has 28 heavy (non-hydrogen) atoms. The molecule has 0 bridgehead atoms. The van der Waals surface area contributed by atoms with Crippen LogP contribution >= 0.6 is 11.6 Å². The van der Waals surface area contributed by atoms with Gasteiger partial charge in [-0.3, -0.25) is 4.79 Å². The van der Waals surface area contributed by atoms with E-state index in [9.17, 15) is 9.59 Å². The maximum atomic E-state index is 12.6. The molecule has 2 heterocycles. The van der Waals surface area contributed by atoms with Crippen LogP contribution in [0.15, 0.2) is 35.5 Å². The summed E-state index contributed by atoms with van der Waals surface area (Å²) in [5.41, 5.74) is 3.42. The normalized spacial score (nSPS) is 14.0. The number of hydrogen-bond donors (Lipinski definition) is 2. The van der Waals surface area contributed by atoms with Crippen molar-refractivity contribution in [2.75, 3.05) is 32.1 Å². The summed E-state index contributed by atoms with van der Waals surface area (Å²) >= 11 is 6.20. The van der Waals surface area contributed by atoms with E-state index in [1.807, 2.05) is 26.0 Å². The molecule has 2 N–H and O–H groups in total. The van der Waals surface area contributed by atoms with Crippen LogP contribution in [0.2, 0.25) is 5.02 Å². The first kappa shape index (κ1) is 19.9. The van der Waals surface area contributed by atoms with Crippen molar-refractivity contribution in [3.05, 3.63) is 51.9 Å². The van der Waals surface area contributed by atoms with Crippen molar-refractivity contribution in [2.45, 2.75) is 13.8 Å². The summed E-state index contributed by atoms with van der Waals surface area (Å²) in [5, 5.41) is 17.2. The molecule has 9 heteroatoms. The van der Waals surface area contributed by atoms with Gasteiger partial charge in [0, 0.05) is 12.2 Å². The highest BCUT2D eigenvalue weighted by molar-refractivity contribution is 6.31. The molecule has 0 aliphatic carbocycles. The van der Waals surface area contributed by atoms with Gasteiger partial charge in [0.25, 0.3) is 5.91 Å². The van der Waals surface area contributed by atoms with Crippen LogP contribution in [0, 0.1) is 13.8 Å². The monoisotopic (exact) mass is 404 g/mol. The largest absolute Gasteiger partial charge is 0.466 e. The van der Waals surface area contributed by atoms with Crippen LogP contribution in [0.3, 0.4) is 0 Å². The van der Waals surface area contributed by atoms with Gasteiger partial charge < -0.3 is 20.1 Å². The fourth-order valence-corrected chi connectivity index (χ4v) is 3.17. The Balaban J connectivity index is 1.86. The molecular weight excluding hydrogens is 384 g/mol. The summed E-state index contributed by atoms with van der Waals surface area (Å²) < 4.78 is 6.52. The van der Waals surface area contributed by atoms with E-state index in [2.05, 4.69) is 10.4 Å². The van der Waals surface area contributed by atoms with Crippen LogP contribution in [-0.2, 0) is 14.3 Å². The third-order valence-electron chi connectivity index (χ3n) is 4.54. The minimum absolute atomic E-state index is 0.0940. The molecule has 3 rings (SSSR count). The topological polar surface area (TPSA) is 96.7 Å². The predicted molar refractivity (Wildman–Crippen MR) is 104 cm³/mol. The Morgan fingerprint density at radius 3 is 2.54 bits per heavy atom. The van der Waals surface area contributed by atoms with Crippen LogP contribution < -0.4 is 5.32 Å². The minimum atomic E-state index is -0.579. The molecule has 8 nitrogen and oxygen atoms in total. The van der Waals surface area contributed by atoms with Crippen molar-refractivity contribution in [1.29, 1.82) is 0 Å². The number of nitrogens with one attached hydrogen (secondary N) is 1. The van der Waals surface area contributed by atoms with Crippen LogP contribution in [0.25, 0.3) is 5.69 Å². The Morgan fingerprint density at radius 1 is 1.32 bits per heavy atom. The van der Waals surface area contributed by atoms with E-state index in [1.54, 1.807) is 16.8 Å². The zero-order chi connectivity index (χ0) is 20.4. The SMILES string of the molecule is COC(=O)C1=C(Nc2ccc(-n3nc(C)c(Cl)c3C)cc2)C(=O)N(CCO)C1. The highest BCUT2D eigenvalue weighted by Crippen LogP contribution is 2.25. The fraction of sp³-hybridized carbons (Fsp3) is 0.316. The molecule has 0 atom stereocenters. The Kier molecular flexibility index (Phi) is 5.71. The fourth-order valence-electron chi connectivity index (χ4n) is 3.05. The summed E-state index contributed by atoms with van der Waals surface area (Å²) in [7, 11) is 1.26. The lowest BCUT2D eigenvalue weighted by Gasteiger charge is -2.15. The molecule has 1 aromatic heterocycles. The maximum absolute atomic E-state index is 12.6. The first-order valence-electron chi connectivity index (χ1n) is 8.68. The lowest BCUT2D eigenvalue weighted by atomic mass is 10.2. The van der Waals surface area contributed by atoms with Crippen LogP contribution in [-0.4, -0.2) is 58.5 Å². The quantitative estimate of drug-likeness (QED) is 0.713. The van der Waals surface area contributed by atoms with Crippen LogP contribution in [0.4, 0.5) is 5.69 Å². The first-order chi connectivity index (χ1) is 13.4. The van der Waals surface area contributed by atoms with E-state index in [-0.39, 0.29) is 36.9 Å². The molecule has 148 valence electrons. The van der Waals surface area contributed by atoms with Gasteiger partial charge in [-0.2, -0.15) is 5.10 Å². The summed E-state index contributed by atoms with van der Waals surface area (Å²) in [5.74, 6) is -0.936. The summed E-state index contributed by atoms with van der Waals surface area (Å²) in [6.45, 7) is 3.77. The first-order valence-corrected chi connectivity index (χ1v) is 9.06. The van der Waals surface area contributed by atoms with Gasteiger partial charge in [0.05, 0.1) is 47.9 Å². The second-order valence-corrected chi connectivity index (χ2v) is 6.74. The third kappa shape index (κ3) is 3.61. The van der Waals surface area contributed by atoms with Gasteiger partial charge in [0.1, 0.15) is 5.70 Å². The molecule has 1 amide bonds. The Hall–Kier alpha value is -2.84. The Labute approximate surface area is 167 Å². The number of rotatable bonds is 6. The van der Waals surface area contributed by atoms with Crippen molar-refractivity contribution in [3.8, 4) is 5.69 Å². The standard InChI is InChI=1S/C19H21ClN4O4/c1-11-16(20)12(2)24(22-11)14-6-4-13(5-7-14)21-17-15(19(27)28-3)10-23(8-9-25)18(17)26/h4-7,21,25H,8-10H2,1-3H3. The molecule has 1 aliphatic rings. The smallest absolute Gasteiger partial charge is 0.337 e. The van der Waals surface area contributed by atoms with E-state index in [0.29, 0.717) is 10.7 Å². The van der Waals surface area contributed by atoms with E-state index < -0.39 is 5.97 Å². The lowest BCUT2D eigenvalue weighted by Crippen LogP contribution is -2.31. The number of aryl methyl sites for hydroxylation is 1. The number of nitrogens with zero attached hydrogens (tertiary/aromatic N) is 3. The molecule has 1 aliphatic heterocycles. The molecule has 0 saturated heterocycles. The summed E-state index contributed by atoms with van der Waals surface area (Å²) in [6, 6.07) is 7.23. The van der Waals surface area contributed by atoms with Gasteiger partial charge in [0.15, 0.2) is 0 Å². The van der Waals surface area contributed by atoms with E-state index >= 15 is 0 Å². The van der Waals surface area contributed by atoms with Gasteiger partial charge >= 0.3 is 5.97 Å². The number of anilines is 1. The molecule has 0 saturated carbocycles. The second-order valence-electron chi connectivity index (χ2n) is 6.36. The predicted octanol–water partition coefficient (Wildman–Crippen LogP) is 1.82. The number of ether oxygens (including phenoxy) is 1. The summed E-state index contributed by atoms with van der Waals surface area (Å²) in [6.07, 6.45) is 0. The number of β-amino-alcohol motifs (C(OH)–C–C–N with tert-alkyl or cyclic N) is 1. The minimum Gasteiger partial charge on any atom is -0.466 e. The Bertz CT molecular complexity index is 950. The van der Waals surface area contributed by atoms with Crippen molar-refractivity contribution < 1.29 is 19.4 Å². The van der Waals surface area contributed by atoms with Gasteiger partial charge in [-0.05, 0) is 38.1 Å². The van der Waals surface area contributed by atoms with Crippen molar-refractivity contribution in [2.24, 2.45) is 0 Å². The van der Waals surface area contributed by atoms with Gasteiger partial charge in [-0.15, -0.1) is 0 Å². The average Bonchev–Trinajstić information content (AvgIpc) is 3.14. The maximum Gasteiger partial charge on any atom is 0.337 e. The van der Waals surface area contributed by atoms with Crippen molar-refractivity contribution >= 4 is 29.2 Å². The van der Waals surface area contributed by atoms with E-state index in [1.165, 1.54) is 12.0 Å². The summed E-state index contributed by atoms with van der Waals surface area (Å²) in [4.78, 5) is 26.0. The molecule has 0 radical (unpaired) electrons. The number of amides is 1. The number of aromatic nitrogens is 2. The zero-order valence-corrected chi connectivity index (χ0v) is 16.6. The number of aliphatic hydroxyl groups is 1. The third-order valence-corrected chi connectivity index (χ3v) is 5.08. The number of carbonyl (C=O) groups excluding carboxylic acids is 2. The van der Waals surface area contributed by atoms with E-state index in [4.69, 9.17) is 21.4 Å². The Morgan fingerprint density at radius 2 is 2.00 bits per heavy atom. The average molecular weight is 405 g/mol. The number of halogens is 1. The lowest BCUT2D eigenvalue weighted by molar-refractivity contribution is -0.136. The molecule has 0 fully saturated rings. The van der Waals surface area contributed by atoms with Crippen LogP contribution in [0.5, 0.6) is 0 Å². The highest BCUT2D eigenvalue weighted by atomic mass is 35.5. The van der Waals surface area contributed by atoms with Crippen molar-refractivity contribution in [1.82, 2.24) is 14.7 Å². The number of aliphatic hydroxyl groups excluding tert-OH is 1. The number of methoxy groups -OCH3 is 1. The molecular formula is C19H21ClN4O4. The highest BCUT2D eigenvalue weighted by Gasteiger charge is 2.34. The second kappa shape index (κ2) is 8.04. The van der Waals surface area contributed by atoms with Gasteiger partial charge in [-0.25, -0.2) is 9.48 Å². The molecule has 0 spiro atoms. The number of carbonyl (C=O) groups is 2. The molecule has 1 aromatic carbocycles. The van der Waals surface area contributed by atoms with E-state index in [0.717, 1.165) is 17.1 Å². The number of esters is 1. The van der Waals surface area contributed by atoms with Gasteiger partial charge in [0.2, 0.25) is 0 Å². The number of hydrogen-bond acceptors (Lipinski definition) is 6. The zero-order valence-electron chi connectivity index (χ0n) is 15.8. The van der Waals surface area contributed by atoms with Gasteiger partial charge in [-0.1, -0.05) is 11.6 Å². The molecule has 2 aromatic rings. The molecule has 0 unspecified atom stereocenters.